The number of nitro groups is 1. The number of hydrogen-bond donors (Lipinski definition) is 0. The number of halogens is 2. The minimum Gasteiger partial charge on any atom is -0.457 e. The lowest BCUT2D eigenvalue weighted by atomic mass is 10.0. The van der Waals surface area contributed by atoms with Crippen molar-refractivity contribution in [3.05, 3.63) is 85.6 Å². The van der Waals surface area contributed by atoms with Crippen molar-refractivity contribution in [2.75, 3.05) is 0 Å². The topological polar surface area (TPSA) is 80.1 Å². The van der Waals surface area contributed by atoms with Crippen molar-refractivity contribution in [2.24, 2.45) is 0 Å². The molecule has 0 aliphatic rings. The van der Waals surface area contributed by atoms with Crippen molar-refractivity contribution in [2.45, 2.75) is 6.92 Å². The summed E-state index contributed by atoms with van der Waals surface area (Å²) in [6, 6.07) is 15.6. The Morgan fingerprint density at radius 3 is 2.48 bits per heavy atom. The van der Waals surface area contributed by atoms with Crippen LogP contribution < -0.4 is 0 Å². The summed E-state index contributed by atoms with van der Waals surface area (Å²) in [5.74, 6) is 0.767. The third kappa shape index (κ3) is 4.03. The van der Waals surface area contributed by atoms with E-state index in [2.05, 4.69) is 6.07 Å². The second-order valence-corrected chi connectivity index (χ2v) is 6.59. The first-order chi connectivity index (χ1) is 12.9. The number of benzene rings is 2. The van der Waals surface area contributed by atoms with Crippen LogP contribution in [0.1, 0.15) is 16.9 Å². The third-order valence-electron chi connectivity index (χ3n) is 3.90. The number of aryl methyl sites for hydroxylation is 1. The van der Waals surface area contributed by atoms with Crippen LogP contribution in [-0.2, 0) is 0 Å². The van der Waals surface area contributed by atoms with Gasteiger partial charge in [-0.3, -0.25) is 10.1 Å². The van der Waals surface area contributed by atoms with E-state index in [1.165, 1.54) is 12.1 Å². The zero-order valence-corrected chi connectivity index (χ0v) is 15.6. The van der Waals surface area contributed by atoms with Gasteiger partial charge in [0.1, 0.15) is 16.5 Å². The van der Waals surface area contributed by atoms with Gasteiger partial charge in [-0.1, -0.05) is 53.0 Å². The van der Waals surface area contributed by atoms with Gasteiger partial charge in [0.05, 0.1) is 21.6 Å². The second-order valence-electron chi connectivity index (χ2n) is 5.78. The highest BCUT2D eigenvalue weighted by molar-refractivity contribution is 6.37. The van der Waals surface area contributed by atoms with Gasteiger partial charge in [0.2, 0.25) is 0 Å². The fourth-order valence-corrected chi connectivity index (χ4v) is 3.04. The van der Waals surface area contributed by atoms with Crippen LogP contribution in [0.25, 0.3) is 23.0 Å². The monoisotopic (exact) mass is 398 g/mol. The third-order valence-corrected chi connectivity index (χ3v) is 4.51. The highest BCUT2D eigenvalue weighted by Gasteiger charge is 2.19. The zero-order chi connectivity index (χ0) is 19.6. The Balaban J connectivity index is 2.00. The lowest BCUT2D eigenvalue weighted by Gasteiger charge is -2.03. The molecule has 7 heteroatoms. The molecular weight excluding hydrogens is 387 g/mol. The van der Waals surface area contributed by atoms with E-state index in [1.807, 2.05) is 31.2 Å². The number of nitriles is 1. The average Bonchev–Trinajstić information content (AvgIpc) is 3.08. The molecule has 0 spiro atoms. The predicted molar refractivity (Wildman–Crippen MR) is 105 cm³/mol. The van der Waals surface area contributed by atoms with E-state index in [-0.39, 0.29) is 15.7 Å². The maximum Gasteiger partial charge on any atom is 0.288 e. The van der Waals surface area contributed by atoms with Gasteiger partial charge in [-0.2, -0.15) is 5.26 Å². The molecule has 0 saturated heterocycles. The van der Waals surface area contributed by atoms with E-state index in [0.29, 0.717) is 22.7 Å². The molecule has 5 nitrogen and oxygen atoms in total. The number of rotatable bonds is 4. The maximum absolute atomic E-state index is 11.1. The largest absolute Gasteiger partial charge is 0.457 e. The number of furan rings is 1. The molecule has 0 radical (unpaired) electrons. The Morgan fingerprint density at radius 2 is 1.85 bits per heavy atom. The van der Waals surface area contributed by atoms with Gasteiger partial charge in [-0.25, -0.2) is 0 Å². The Bertz CT molecular complexity index is 1090. The molecular formula is C20H12Cl2N2O3. The Kier molecular flexibility index (Phi) is 5.31. The van der Waals surface area contributed by atoms with Crippen molar-refractivity contribution in [1.29, 1.82) is 5.26 Å². The van der Waals surface area contributed by atoms with Crippen LogP contribution in [0.15, 0.2) is 52.9 Å². The van der Waals surface area contributed by atoms with Crippen molar-refractivity contribution in [3.8, 4) is 17.4 Å². The number of nitro benzene ring substituents is 1. The van der Waals surface area contributed by atoms with E-state index < -0.39 is 4.92 Å². The van der Waals surface area contributed by atoms with Crippen molar-refractivity contribution >= 4 is 40.5 Å². The SMILES string of the molecule is Cc1ccc(/C(C#N)=C\c2ccc(-c3cc([N+](=O)[O-])c(Cl)cc3Cl)o2)cc1. The van der Waals surface area contributed by atoms with E-state index in [9.17, 15) is 15.4 Å². The summed E-state index contributed by atoms with van der Waals surface area (Å²) in [5, 5.41) is 20.7. The molecule has 0 N–H and O–H groups in total. The second kappa shape index (κ2) is 7.67. The molecule has 0 bridgehead atoms. The Morgan fingerprint density at radius 1 is 1.15 bits per heavy atom. The van der Waals surface area contributed by atoms with Gasteiger partial charge in [-0.05, 0) is 36.8 Å². The summed E-state index contributed by atoms with van der Waals surface area (Å²) >= 11 is 12.0. The molecule has 0 aliphatic heterocycles. The van der Waals surface area contributed by atoms with Crippen LogP contribution in [0.3, 0.4) is 0 Å². The quantitative estimate of drug-likeness (QED) is 0.284. The zero-order valence-electron chi connectivity index (χ0n) is 14.1. The minimum atomic E-state index is -0.586. The molecule has 27 heavy (non-hydrogen) atoms. The normalized spacial score (nSPS) is 11.3. The first kappa shape index (κ1) is 18.7. The molecule has 3 aromatic rings. The van der Waals surface area contributed by atoms with E-state index in [0.717, 1.165) is 11.1 Å². The average molecular weight is 399 g/mol. The molecule has 0 atom stereocenters. The van der Waals surface area contributed by atoms with Gasteiger partial charge < -0.3 is 4.42 Å². The molecule has 3 rings (SSSR count). The summed E-state index contributed by atoms with van der Waals surface area (Å²) in [6.45, 7) is 1.97. The lowest BCUT2D eigenvalue weighted by molar-refractivity contribution is -0.384. The first-order valence-electron chi connectivity index (χ1n) is 7.81. The van der Waals surface area contributed by atoms with Crippen LogP contribution in [0, 0.1) is 28.4 Å². The molecule has 0 unspecified atom stereocenters. The van der Waals surface area contributed by atoms with Crippen molar-refractivity contribution in [3.63, 3.8) is 0 Å². The maximum atomic E-state index is 11.1. The van der Waals surface area contributed by atoms with Crippen LogP contribution in [-0.4, -0.2) is 4.92 Å². The van der Waals surface area contributed by atoms with Gasteiger partial charge in [-0.15, -0.1) is 0 Å². The van der Waals surface area contributed by atoms with E-state index in [4.69, 9.17) is 27.6 Å². The van der Waals surface area contributed by atoms with Crippen LogP contribution in [0.5, 0.6) is 0 Å². The summed E-state index contributed by atoms with van der Waals surface area (Å²) < 4.78 is 5.73. The summed E-state index contributed by atoms with van der Waals surface area (Å²) in [4.78, 5) is 10.5. The smallest absolute Gasteiger partial charge is 0.288 e. The molecule has 2 aromatic carbocycles. The Labute approximate surface area is 165 Å². The van der Waals surface area contributed by atoms with Crippen LogP contribution in [0.4, 0.5) is 5.69 Å². The predicted octanol–water partition coefficient (Wildman–Crippen LogP) is 6.53. The van der Waals surface area contributed by atoms with Crippen molar-refractivity contribution < 1.29 is 9.34 Å². The summed E-state index contributed by atoms with van der Waals surface area (Å²) in [7, 11) is 0. The number of hydrogen-bond acceptors (Lipinski definition) is 4. The highest BCUT2D eigenvalue weighted by atomic mass is 35.5. The van der Waals surface area contributed by atoms with Gasteiger partial charge in [0, 0.05) is 11.6 Å². The molecule has 0 amide bonds. The van der Waals surface area contributed by atoms with E-state index >= 15 is 0 Å². The van der Waals surface area contributed by atoms with Gasteiger partial charge in [0.25, 0.3) is 5.69 Å². The lowest BCUT2D eigenvalue weighted by Crippen LogP contribution is -1.90. The fraction of sp³-hybridized carbons (Fsp3) is 0.0500. The van der Waals surface area contributed by atoms with Crippen LogP contribution >= 0.6 is 23.2 Å². The highest BCUT2D eigenvalue weighted by Crippen LogP contribution is 2.37. The minimum absolute atomic E-state index is 0.0495. The molecule has 1 heterocycles. The van der Waals surface area contributed by atoms with Crippen LogP contribution in [0.2, 0.25) is 10.0 Å². The summed E-state index contributed by atoms with van der Waals surface area (Å²) in [5.41, 5.74) is 2.38. The first-order valence-corrected chi connectivity index (χ1v) is 8.57. The Hall–Kier alpha value is -3.07. The molecule has 134 valence electrons. The molecule has 0 aliphatic carbocycles. The fourth-order valence-electron chi connectivity index (χ4n) is 2.50. The van der Waals surface area contributed by atoms with Crippen molar-refractivity contribution in [1.82, 2.24) is 0 Å². The number of nitrogens with zero attached hydrogens (tertiary/aromatic N) is 2. The standard InChI is InChI=1S/C20H12Cl2N2O3/c1-12-2-4-13(5-3-12)14(11-23)8-15-6-7-20(27-15)16-9-19(24(25)26)18(22)10-17(16)21/h2-10H,1H3/b14-8-. The van der Waals surface area contributed by atoms with E-state index in [1.54, 1.807) is 18.2 Å². The van der Waals surface area contributed by atoms with Gasteiger partial charge in [0.15, 0.2) is 0 Å². The van der Waals surface area contributed by atoms with Gasteiger partial charge >= 0.3 is 0 Å². The molecule has 1 aromatic heterocycles. The number of allylic oxidation sites excluding steroid dienone is 1. The molecule has 0 saturated carbocycles. The summed E-state index contributed by atoms with van der Waals surface area (Å²) in [6.07, 6.45) is 1.60. The molecule has 0 fully saturated rings.